The van der Waals surface area contributed by atoms with Gasteiger partial charge in [0.05, 0.1) is 37.0 Å². The predicted octanol–water partition coefficient (Wildman–Crippen LogP) is -19.3. The molecule has 0 bridgehead atoms. The van der Waals surface area contributed by atoms with E-state index >= 15 is 0 Å². The zero-order valence-electron chi connectivity index (χ0n) is 15.8. The molecule has 0 aromatic heterocycles. The molecule has 27 heavy (non-hydrogen) atoms. The number of hydrogen-bond donors (Lipinski definition) is 0. The molecule has 0 saturated carbocycles. The van der Waals surface area contributed by atoms with Gasteiger partial charge in [0.1, 0.15) is 0 Å². The molecule has 0 atom stereocenters. The Kier molecular flexibility index (Phi) is 34.5. The van der Waals surface area contributed by atoms with Crippen LogP contribution in [0.4, 0.5) is 0 Å². The molecule has 11 nitrogen and oxygen atoms in total. The van der Waals surface area contributed by atoms with Crippen molar-refractivity contribution in [2.45, 2.75) is 0 Å². The SMILES string of the molecule is C=C(CN(CC(=O)[O-])CC(=O)[O-])C(=O)N(CC(=O)[O-])CC(=O)[O-].[K+].[K+].[K+].[K+]. The zero-order chi connectivity index (χ0) is 18.2. The van der Waals surface area contributed by atoms with E-state index in [0.29, 0.717) is 4.90 Å². The molecule has 0 aliphatic carbocycles. The van der Waals surface area contributed by atoms with Crippen molar-refractivity contribution < 1.29 is 250 Å². The summed E-state index contributed by atoms with van der Waals surface area (Å²) in [7, 11) is 0. The summed E-state index contributed by atoms with van der Waals surface area (Å²) in [4.78, 5) is 55.0. The first kappa shape index (κ1) is 40.9. The Balaban J connectivity index is -0.000000403. The number of carboxylic acids is 4. The van der Waals surface area contributed by atoms with Gasteiger partial charge in [0.15, 0.2) is 0 Å². The van der Waals surface area contributed by atoms with Crippen molar-refractivity contribution in [1.29, 1.82) is 0 Å². The Hall–Kier alpha value is 3.60. The maximum Gasteiger partial charge on any atom is 1.00 e. The Morgan fingerprint density at radius 1 is 0.593 bits per heavy atom. The summed E-state index contributed by atoms with van der Waals surface area (Å²) in [5.74, 6) is -7.89. The van der Waals surface area contributed by atoms with Gasteiger partial charge in [-0.1, -0.05) is 6.58 Å². The zero-order valence-corrected chi connectivity index (χ0v) is 28.3. The van der Waals surface area contributed by atoms with E-state index < -0.39 is 68.1 Å². The van der Waals surface area contributed by atoms with Crippen LogP contribution in [-0.2, 0) is 24.0 Å². The van der Waals surface area contributed by atoms with E-state index in [1.807, 2.05) is 0 Å². The van der Waals surface area contributed by atoms with Crippen molar-refractivity contribution in [2.24, 2.45) is 0 Å². The molecular weight excluding hydrogens is 473 g/mol. The van der Waals surface area contributed by atoms with E-state index in [9.17, 15) is 44.4 Å². The van der Waals surface area contributed by atoms with Gasteiger partial charge in [-0.25, -0.2) is 0 Å². The molecule has 0 aromatic rings. The molecule has 0 N–H and O–H groups in total. The molecule has 0 spiro atoms. The first-order valence-corrected chi connectivity index (χ1v) is 6.01. The van der Waals surface area contributed by atoms with E-state index in [0.717, 1.165) is 4.90 Å². The first-order valence-electron chi connectivity index (χ1n) is 6.01. The maximum atomic E-state index is 11.9. The van der Waals surface area contributed by atoms with Gasteiger partial charge in [-0.15, -0.1) is 0 Å². The minimum absolute atomic E-state index is 0. The van der Waals surface area contributed by atoms with Crippen molar-refractivity contribution in [3.05, 3.63) is 12.2 Å². The number of carbonyl (C=O) groups excluding carboxylic acids is 5. The molecule has 0 aliphatic rings. The van der Waals surface area contributed by atoms with Crippen molar-refractivity contribution in [3.63, 3.8) is 0 Å². The van der Waals surface area contributed by atoms with Gasteiger partial charge < -0.3 is 44.5 Å². The smallest absolute Gasteiger partial charge is 0.549 e. The van der Waals surface area contributed by atoms with Gasteiger partial charge in [-0.05, 0) is 0 Å². The van der Waals surface area contributed by atoms with E-state index in [2.05, 4.69) is 6.58 Å². The maximum absolute atomic E-state index is 11.9. The molecule has 0 heterocycles. The van der Waals surface area contributed by atoms with Crippen LogP contribution in [0, 0.1) is 0 Å². The van der Waals surface area contributed by atoms with Crippen molar-refractivity contribution in [3.8, 4) is 0 Å². The molecule has 0 rings (SSSR count). The van der Waals surface area contributed by atoms with E-state index in [-0.39, 0.29) is 206 Å². The summed E-state index contributed by atoms with van der Waals surface area (Å²) in [6.07, 6.45) is 0. The van der Waals surface area contributed by atoms with Gasteiger partial charge in [0.2, 0.25) is 0 Å². The Bertz CT molecular complexity index is 513. The van der Waals surface area contributed by atoms with Crippen molar-refractivity contribution in [2.75, 3.05) is 32.7 Å². The standard InChI is InChI=1S/C12H16N2O9.4K/c1-7(2-13(3-8(15)16)4-9(17)18)12(23)14(5-10(19)20)6-11(21)22;;;;/h1-6H2,(H,15,16)(H,17,18)(H,19,20)(H,21,22);;;;/q;4*+1/p-4. The largest absolute Gasteiger partial charge is 1.00 e. The Morgan fingerprint density at radius 2 is 0.889 bits per heavy atom. The van der Waals surface area contributed by atoms with Crippen LogP contribution in [0.5, 0.6) is 0 Å². The molecular formula is C12H12K4N2O9. The van der Waals surface area contributed by atoms with Crippen LogP contribution in [-0.4, -0.2) is 72.3 Å². The normalized spacial score (nSPS) is 8.63. The number of hydrogen-bond acceptors (Lipinski definition) is 10. The molecule has 0 fully saturated rings. The second kappa shape index (κ2) is 22.8. The van der Waals surface area contributed by atoms with Crippen LogP contribution in [0.25, 0.3) is 0 Å². The van der Waals surface area contributed by atoms with Crippen molar-refractivity contribution >= 4 is 29.8 Å². The fourth-order valence-electron chi connectivity index (χ4n) is 1.61. The van der Waals surface area contributed by atoms with Crippen molar-refractivity contribution in [1.82, 2.24) is 9.80 Å². The van der Waals surface area contributed by atoms with Gasteiger partial charge in [-0.2, -0.15) is 0 Å². The fraction of sp³-hybridized carbons (Fsp3) is 0.417. The predicted molar refractivity (Wildman–Crippen MR) is 62.2 cm³/mol. The Morgan fingerprint density at radius 3 is 1.15 bits per heavy atom. The summed E-state index contributed by atoms with van der Waals surface area (Å²) in [5.41, 5.74) is -0.435. The molecule has 0 aromatic carbocycles. The first-order chi connectivity index (χ1) is 10.5. The van der Waals surface area contributed by atoms with Crippen LogP contribution in [0.15, 0.2) is 12.2 Å². The summed E-state index contributed by atoms with van der Waals surface area (Å²) in [6, 6.07) is 0. The van der Waals surface area contributed by atoms with Gasteiger partial charge in [-0.3, -0.25) is 9.69 Å². The fourth-order valence-corrected chi connectivity index (χ4v) is 1.61. The van der Waals surface area contributed by atoms with E-state index in [4.69, 9.17) is 0 Å². The topological polar surface area (TPSA) is 184 Å². The van der Waals surface area contributed by atoms with Crippen LogP contribution in [0.3, 0.4) is 0 Å². The third-order valence-electron chi connectivity index (χ3n) is 2.35. The quantitative estimate of drug-likeness (QED) is 0.201. The monoisotopic (exact) mass is 484 g/mol. The number of carbonyl (C=O) groups is 5. The average Bonchev–Trinajstić information content (AvgIpc) is 2.33. The van der Waals surface area contributed by atoms with Crippen LogP contribution < -0.4 is 226 Å². The number of rotatable bonds is 11. The molecule has 0 saturated heterocycles. The molecule has 1 amide bonds. The van der Waals surface area contributed by atoms with Gasteiger partial charge in [0.25, 0.3) is 5.91 Å². The molecule has 0 unspecified atom stereocenters. The minimum Gasteiger partial charge on any atom is -0.549 e. The van der Waals surface area contributed by atoms with E-state index in [1.165, 1.54) is 0 Å². The Labute approximate surface area is 325 Å². The second-order valence-electron chi connectivity index (χ2n) is 4.40. The minimum atomic E-state index is -1.74. The van der Waals surface area contributed by atoms with Crippen LogP contribution >= 0.6 is 0 Å². The number of amides is 1. The molecule has 0 aliphatic heterocycles. The molecule has 15 heteroatoms. The summed E-state index contributed by atoms with van der Waals surface area (Å²) in [5, 5.41) is 42.0. The van der Waals surface area contributed by atoms with Gasteiger partial charge in [0, 0.05) is 25.2 Å². The van der Waals surface area contributed by atoms with Crippen LogP contribution in [0.1, 0.15) is 0 Å². The number of aliphatic carboxylic acids is 4. The third kappa shape index (κ3) is 22.6. The summed E-state index contributed by atoms with van der Waals surface area (Å²) in [6.45, 7) is -1.17. The second-order valence-corrected chi connectivity index (χ2v) is 4.40. The number of nitrogens with zero attached hydrogens (tertiary/aromatic N) is 2. The summed E-state index contributed by atoms with van der Waals surface area (Å²) >= 11 is 0. The third-order valence-corrected chi connectivity index (χ3v) is 2.35. The van der Waals surface area contributed by atoms with Gasteiger partial charge >= 0.3 is 206 Å². The molecule has 128 valence electrons. The average molecular weight is 485 g/mol. The summed E-state index contributed by atoms with van der Waals surface area (Å²) < 4.78 is 0. The number of carboxylic acid groups (broad SMARTS) is 4. The molecule has 0 radical (unpaired) electrons. The van der Waals surface area contributed by atoms with Crippen LogP contribution in [0.2, 0.25) is 0 Å². The van der Waals surface area contributed by atoms with E-state index in [1.54, 1.807) is 0 Å².